The van der Waals surface area contributed by atoms with Crippen molar-refractivity contribution < 1.29 is 0 Å². The summed E-state index contributed by atoms with van der Waals surface area (Å²) in [5, 5.41) is 11.4. The summed E-state index contributed by atoms with van der Waals surface area (Å²) >= 11 is 0. The SMILES string of the molecule is CC(C)(C)c1nnc(-c2ccccc2)c2ccccc12. The number of hydrogen-bond acceptors (Lipinski definition) is 2. The molecule has 1 heterocycles. The molecular formula is C18H18N2. The lowest BCUT2D eigenvalue weighted by atomic mass is 9.88. The molecule has 0 aliphatic rings. The first-order chi connectivity index (χ1) is 9.57. The van der Waals surface area contributed by atoms with Gasteiger partial charge in [0.05, 0.1) is 5.69 Å². The summed E-state index contributed by atoms with van der Waals surface area (Å²) in [5.74, 6) is 0. The first-order valence-corrected chi connectivity index (χ1v) is 6.89. The molecule has 3 aromatic rings. The van der Waals surface area contributed by atoms with E-state index in [2.05, 4.69) is 67.4 Å². The summed E-state index contributed by atoms with van der Waals surface area (Å²) in [6.45, 7) is 6.52. The Hall–Kier alpha value is -2.22. The van der Waals surface area contributed by atoms with E-state index < -0.39 is 0 Å². The highest BCUT2D eigenvalue weighted by Crippen LogP contribution is 2.32. The van der Waals surface area contributed by atoms with Crippen molar-refractivity contribution in [3.8, 4) is 11.3 Å². The average molecular weight is 262 g/mol. The van der Waals surface area contributed by atoms with Gasteiger partial charge < -0.3 is 0 Å². The van der Waals surface area contributed by atoms with Gasteiger partial charge in [-0.2, -0.15) is 5.10 Å². The van der Waals surface area contributed by atoms with Crippen LogP contribution >= 0.6 is 0 Å². The minimum atomic E-state index is -0.0121. The van der Waals surface area contributed by atoms with Crippen LogP contribution in [0, 0.1) is 0 Å². The Balaban J connectivity index is 2.33. The van der Waals surface area contributed by atoms with E-state index in [4.69, 9.17) is 0 Å². The zero-order valence-electron chi connectivity index (χ0n) is 12.1. The zero-order chi connectivity index (χ0) is 14.2. The minimum absolute atomic E-state index is 0.0121. The summed E-state index contributed by atoms with van der Waals surface area (Å²) < 4.78 is 0. The number of nitrogens with zero attached hydrogens (tertiary/aromatic N) is 2. The smallest absolute Gasteiger partial charge is 0.101 e. The van der Waals surface area contributed by atoms with Gasteiger partial charge in [-0.1, -0.05) is 75.4 Å². The molecule has 2 nitrogen and oxygen atoms in total. The molecule has 0 spiro atoms. The Bertz CT molecular complexity index is 740. The van der Waals surface area contributed by atoms with Crippen LogP contribution in [0.25, 0.3) is 22.0 Å². The van der Waals surface area contributed by atoms with Gasteiger partial charge in [0.2, 0.25) is 0 Å². The van der Waals surface area contributed by atoms with Crippen LogP contribution in [0.2, 0.25) is 0 Å². The second-order valence-electron chi connectivity index (χ2n) is 6.06. The van der Waals surface area contributed by atoms with E-state index in [0.717, 1.165) is 17.0 Å². The molecule has 0 aliphatic carbocycles. The van der Waals surface area contributed by atoms with Crippen molar-refractivity contribution in [2.24, 2.45) is 0 Å². The van der Waals surface area contributed by atoms with Crippen molar-refractivity contribution in [1.82, 2.24) is 10.2 Å². The molecule has 3 rings (SSSR count). The quantitative estimate of drug-likeness (QED) is 0.640. The highest BCUT2D eigenvalue weighted by molar-refractivity contribution is 5.95. The Labute approximate surface area is 119 Å². The third kappa shape index (κ3) is 2.18. The Kier molecular flexibility index (Phi) is 3.01. The third-order valence-corrected chi connectivity index (χ3v) is 3.44. The second kappa shape index (κ2) is 4.71. The molecule has 1 aromatic heterocycles. The summed E-state index contributed by atoms with van der Waals surface area (Å²) in [5.41, 5.74) is 3.10. The monoisotopic (exact) mass is 262 g/mol. The fourth-order valence-corrected chi connectivity index (χ4v) is 2.47. The van der Waals surface area contributed by atoms with Crippen molar-refractivity contribution in [1.29, 1.82) is 0 Å². The van der Waals surface area contributed by atoms with Gasteiger partial charge in [-0.05, 0) is 0 Å². The number of hydrogen-bond donors (Lipinski definition) is 0. The number of benzene rings is 2. The number of aromatic nitrogens is 2. The fourth-order valence-electron chi connectivity index (χ4n) is 2.47. The van der Waals surface area contributed by atoms with E-state index in [0.29, 0.717) is 0 Å². The molecule has 0 radical (unpaired) electrons. The van der Waals surface area contributed by atoms with E-state index in [-0.39, 0.29) is 5.41 Å². The fraction of sp³-hybridized carbons (Fsp3) is 0.222. The molecule has 0 atom stereocenters. The first-order valence-electron chi connectivity index (χ1n) is 6.89. The van der Waals surface area contributed by atoms with E-state index in [1.54, 1.807) is 0 Å². The molecule has 0 bridgehead atoms. The molecular weight excluding hydrogens is 244 g/mol. The summed E-state index contributed by atoms with van der Waals surface area (Å²) in [4.78, 5) is 0. The predicted molar refractivity (Wildman–Crippen MR) is 83.7 cm³/mol. The lowest BCUT2D eigenvalue weighted by molar-refractivity contribution is 0.566. The third-order valence-electron chi connectivity index (χ3n) is 3.44. The van der Waals surface area contributed by atoms with Gasteiger partial charge in [-0.15, -0.1) is 5.10 Å². The summed E-state index contributed by atoms with van der Waals surface area (Å²) in [7, 11) is 0. The highest BCUT2D eigenvalue weighted by Gasteiger charge is 2.20. The van der Waals surface area contributed by atoms with Gasteiger partial charge in [0.25, 0.3) is 0 Å². The molecule has 20 heavy (non-hydrogen) atoms. The molecule has 0 aliphatic heterocycles. The van der Waals surface area contributed by atoms with Gasteiger partial charge in [0, 0.05) is 21.8 Å². The maximum Gasteiger partial charge on any atom is 0.101 e. The molecule has 0 saturated carbocycles. The van der Waals surface area contributed by atoms with Crippen molar-refractivity contribution in [2.45, 2.75) is 26.2 Å². The van der Waals surface area contributed by atoms with Crippen LogP contribution in [0.5, 0.6) is 0 Å². The van der Waals surface area contributed by atoms with Crippen molar-refractivity contribution in [3.63, 3.8) is 0 Å². The lowest BCUT2D eigenvalue weighted by Gasteiger charge is -2.20. The average Bonchev–Trinajstić information content (AvgIpc) is 2.46. The standard InChI is InChI=1S/C18H18N2/c1-18(2,3)17-15-12-8-7-11-14(15)16(19-20-17)13-9-5-4-6-10-13/h4-12H,1-3H3. The van der Waals surface area contributed by atoms with Crippen LogP contribution in [-0.4, -0.2) is 10.2 Å². The maximum atomic E-state index is 4.50. The molecule has 0 N–H and O–H groups in total. The van der Waals surface area contributed by atoms with Crippen LogP contribution < -0.4 is 0 Å². The van der Waals surface area contributed by atoms with Crippen molar-refractivity contribution in [2.75, 3.05) is 0 Å². The topological polar surface area (TPSA) is 25.8 Å². The lowest BCUT2D eigenvalue weighted by Crippen LogP contribution is -2.15. The Morgan fingerprint density at radius 1 is 0.700 bits per heavy atom. The summed E-state index contributed by atoms with van der Waals surface area (Å²) in [6.07, 6.45) is 0. The molecule has 0 saturated heterocycles. The second-order valence-corrected chi connectivity index (χ2v) is 6.06. The summed E-state index contributed by atoms with van der Waals surface area (Å²) in [6, 6.07) is 18.6. The van der Waals surface area contributed by atoms with E-state index >= 15 is 0 Å². The predicted octanol–water partition coefficient (Wildman–Crippen LogP) is 4.59. The molecule has 2 aromatic carbocycles. The van der Waals surface area contributed by atoms with Gasteiger partial charge in [0.1, 0.15) is 5.69 Å². The van der Waals surface area contributed by atoms with Crippen LogP contribution in [0.15, 0.2) is 54.6 Å². The first kappa shape index (κ1) is 12.8. The van der Waals surface area contributed by atoms with Crippen LogP contribution in [0.1, 0.15) is 26.5 Å². The largest absolute Gasteiger partial charge is 0.154 e. The number of rotatable bonds is 1. The normalized spacial score (nSPS) is 11.8. The van der Waals surface area contributed by atoms with E-state index in [1.807, 2.05) is 18.2 Å². The van der Waals surface area contributed by atoms with Gasteiger partial charge in [-0.3, -0.25) is 0 Å². The molecule has 100 valence electrons. The van der Waals surface area contributed by atoms with Crippen LogP contribution in [0.4, 0.5) is 0 Å². The van der Waals surface area contributed by atoms with Crippen molar-refractivity contribution in [3.05, 3.63) is 60.3 Å². The molecule has 0 amide bonds. The molecule has 0 fully saturated rings. The Morgan fingerprint density at radius 2 is 1.30 bits per heavy atom. The van der Waals surface area contributed by atoms with Gasteiger partial charge >= 0.3 is 0 Å². The minimum Gasteiger partial charge on any atom is -0.154 e. The number of fused-ring (bicyclic) bond motifs is 1. The molecule has 2 heteroatoms. The van der Waals surface area contributed by atoms with Crippen LogP contribution in [0.3, 0.4) is 0 Å². The van der Waals surface area contributed by atoms with Gasteiger partial charge in [0.15, 0.2) is 0 Å². The Morgan fingerprint density at radius 3 is 1.95 bits per heavy atom. The zero-order valence-corrected chi connectivity index (χ0v) is 12.1. The van der Waals surface area contributed by atoms with Gasteiger partial charge in [-0.25, -0.2) is 0 Å². The van der Waals surface area contributed by atoms with E-state index in [1.165, 1.54) is 10.8 Å². The van der Waals surface area contributed by atoms with Crippen LogP contribution in [-0.2, 0) is 5.41 Å². The highest BCUT2D eigenvalue weighted by atomic mass is 15.1. The van der Waals surface area contributed by atoms with E-state index in [9.17, 15) is 0 Å². The maximum absolute atomic E-state index is 4.50. The van der Waals surface area contributed by atoms with Crippen molar-refractivity contribution >= 4 is 10.8 Å². The molecule has 0 unspecified atom stereocenters.